The van der Waals surface area contributed by atoms with Gasteiger partial charge in [-0.1, -0.05) is 91.0 Å². The van der Waals surface area contributed by atoms with Crippen molar-refractivity contribution in [1.29, 1.82) is 0 Å². The Labute approximate surface area is 206 Å². The number of rotatable bonds is 11. The van der Waals surface area contributed by atoms with E-state index in [0.717, 1.165) is 16.7 Å². The van der Waals surface area contributed by atoms with Crippen LogP contribution in [0.3, 0.4) is 0 Å². The second-order valence-electron chi connectivity index (χ2n) is 8.41. The van der Waals surface area contributed by atoms with Crippen molar-refractivity contribution in [2.24, 2.45) is 16.5 Å². The molecule has 2 amide bonds. The molecule has 0 saturated carbocycles. The first-order chi connectivity index (χ1) is 17.0. The molecule has 7 nitrogen and oxygen atoms in total. The molecule has 3 aromatic carbocycles. The fourth-order valence-electron chi connectivity index (χ4n) is 3.95. The van der Waals surface area contributed by atoms with Crippen molar-refractivity contribution < 1.29 is 9.59 Å². The molecule has 6 N–H and O–H groups in total. The minimum atomic E-state index is -0.738. The van der Waals surface area contributed by atoms with E-state index in [1.807, 2.05) is 97.9 Å². The van der Waals surface area contributed by atoms with Gasteiger partial charge in [0, 0.05) is 6.54 Å². The van der Waals surface area contributed by atoms with E-state index in [9.17, 15) is 9.59 Å². The molecule has 2 atom stereocenters. The highest BCUT2D eigenvalue weighted by Gasteiger charge is 2.28. The van der Waals surface area contributed by atoms with E-state index in [2.05, 4.69) is 15.6 Å². The number of nitrogens with two attached hydrogens (primary N) is 2. The van der Waals surface area contributed by atoms with Crippen LogP contribution in [-0.4, -0.2) is 30.4 Å². The van der Waals surface area contributed by atoms with Gasteiger partial charge in [0.15, 0.2) is 5.96 Å². The van der Waals surface area contributed by atoms with E-state index >= 15 is 0 Å². The van der Waals surface area contributed by atoms with Gasteiger partial charge in [-0.2, -0.15) is 0 Å². The van der Waals surface area contributed by atoms with Crippen LogP contribution in [0.1, 0.15) is 48.4 Å². The van der Waals surface area contributed by atoms with Crippen LogP contribution in [0, 0.1) is 0 Å². The summed E-state index contributed by atoms with van der Waals surface area (Å²) in [6.07, 6.45) is 0.934. The Hall–Kier alpha value is -4.13. The van der Waals surface area contributed by atoms with Crippen LogP contribution in [0.4, 0.5) is 0 Å². The summed E-state index contributed by atoms with van der Waals surface area (Å²) in [6.45, 7) is 2.29. The zero-order chi connectivity index (χ0) is 25.0. The van der Waals surface area contributed by atoms with Crippen molar-refractivity contribution in [1.82, 2.24) is 10.6 Å². The van der Waals surface area contributed by atoms with E-state index in [4.69, 9.17) is 11.5 Å². The number of amides is 2. The van der Waals surface area contributed by atoms with Crippen LogP contribution < -0.4 is 22.1 Å². The van der Waals surface area contributed by atoms with Gasteiger partial charge in [-0.05, 0) is 36.5 Å². The zero-order valence-electron chi connectivity index (χ0n) is 19.9. The van der Waals surface area contributed by atoms with E-state index in [0.29, 0.717) is 19.4 Å². The van der Waals surface area contributed by atoms with E-state index < -0.39 is 12.0 Å². The number of nitrogens with one attached hydrogen (secondary N) is 2. The molecular formula is C28H33N5O2. The smallest absolute Gasteiger partial charge is 0.243 e. The number of benzene rings is 3. The molecule has 1 unspecified atom stereocenters. The third-order valence-electron chi connectivity index (χ3n) is 5.76. The number of guanidine groups is 1. The van der Waals surface area contributed by atoms with Gasteiger partial charge in [-0.15, -0.1) is 0 Å². The second kappa shape index (κ2) is 12.9. The average molecular weight is 472 g/mol. The summed E-state index contributed by atoms with van der Waals surface area (Å²) in [6, 6.07) is 27.9. The largest absolute Gasteiger partial charge is 0.370 e. The Bertz CT molecular complexity index is 1060. The lowest BCUT2D eigenvalue weighted by Gasteiger charge is -2.24. The van der Waals surface area contributed by atoms with E-state index in [1.54, 1.807) is 0 Å². The van der Waals surface area contributed by atoms with Gasteiger partial charge in [0.1, 0.15) is 6.04 Å². The van der Waals surface area contributed by atoms with Crippen molar-refractivity contribution in [3.8, 4) is 0 Å². The molecule has 0 radical (unpaired) electrons. The number of hydrogen-bond donors (Lipinski definition) is 4. The van der Waals surface area contributed by atoms with Crippen LogP contribution in [0.25, 0.3) is 0 Å². The van der Waals surface area contributed by atoms with Gasteiger partial charge in [-0.3, -0.25) is 14.6 Å². The molecule has 0 bridgehead atoms. The molecule has 7 heteroatoms. The van der Waals surface area contributed by atoms with Crippen LogP contribution in [0.5, 0.6) is 0 Å². The molecule has 35 heavy (non-hydrogen) atoms. The number of hydrogen-bond acceptors (Lipinski definition) is 3. The number of aliphatic imine (C=N–C) groups is 1. The highest BCUT2D eigenvalue weighted by molar-refractivity contribution is 5.92. The Morgan fingerprint density at radius 3 is 1.71 bits per heavy atom. The van der Waals surface area contributed by atoms with Crippen molar-refractivity contribution in [3.05, 3.63) is 108 Å². The minimum absolute atomic E-state index is 0.000885. The van der Waals surface area contributed by atoms with Crippen LogP contribution in [-0.2, 0) is 9.59 Å². The minimum Gasteiger partial charge on any atom is -0.370 e. The Kier molecular flexibility index (Phi) is 9.42. The lowest BCUT2D eigenvalue weighted by molar-refractivity contribution is -0.129. The van der Waals surface area contributed by atoms with Gasteiger partial charge in [0.05, 0.1) is 12.0 Å². The molecule has 0 fully saturated rings. The van der Waals surface area contributed by atoms with Crippen LogP contribution >= 0.6 is 0 Å². The Balaban J connectivity index is 1.80. The molecule has 3 aromatic rings. The average Bonchev–Trinajstić information content (AvgIpc) is 2.87. The van der Waals surface area contributed by atoms with Crippen molar-refractivity contribution >= 4 is 17.8 Å². The molecule has 3 rings (SSSR count). The maximum Gasteiger partial charge on any atom is 0.243 e. The fourth-order valence-corrected chi connectivity index (χ4v) is 3.95. The molecule has 0 spiro atoms. The van der Waals surface area contributed by atoms with Crippen LogP contribution in [0.2, 0.25) is 0 Å². The monoisotopic (exact) mass is 471 g/mol. The summed E-state index contributed by atoms with van der Waals surface area (Å²) in [7, 11) is 0. The van der Waals surface area contributed by atoms with Crippen molar-refractivity contribution in [3.63, 3.8) is 0 Å². The molecule has 0 aliphatic carbocycles. The molecule has 0 saturated heterocycles. The summed E-state index contributed by atoms with van der Waals surface area (Å²) in [5, 5.41) is 6.03. The van der Waals surface area contributed by atoms with E-state index in [-0.39, 0.29) is 23.8 Å². The van der Waals surface area contributed by atoms with Gasteiger partial charge in [0.25, 0.3) is 0 Å². The summed E-state index contributed by atoms with van der Waals surface area (Å²) in [4.78, 5) is 30.9. The lowest BCUT2D eigenvalue weighted by atomic mass is 9.90. The number of carbonyl (C=O) groups is 2. The predicted molar refractivity (Wildman–Crippen MR) is 140 cm³/mol. The second-order valence-corrected chi connectivity index (χ2v) is 8.41. The lowest BCUT2D eigenvalue weighted by Crippen LogP contribution is -2.48. The van der Waals surface area contributed by atoms with Crippen LogP contribution in [0.15, 0.2) is 96.0 Å². The summed E-state index contributed by atoms with van der Waals surface area (Å²) >= 11 is 0. The van der Waals surface area contributed by atoms with Crippen molar-refractivity contribution in [2.45, 2.75) is 37.8 Å². The third kappa shape index (κ3) is 7.71. The standard InChI is InChI=1S/C28H33N5O2/c1-20(21-12-5-2-6-13-21)32-26(34)24(18-11-19-31-28(29)30)33-27(35)25(22-14-7-3-8-15-22)23-16-9-4-10-17-23/h2-10,12-17,20,24-25H,11,18-19H2,1H3,(H,32,34)(H,33,35)(H4,29,30,31)/t20-,24?/m0/s1. The molecule has 0 heterocycles. The molecule has 0 aliphatic rings. The van der Waals surface area contributed by atoms with Gasteiger partial charge < -0.3 is 22.1 Å². The molecule has 0 aromatic heterocycles. The maximum absolute atomic E-state index is 13.6. The maximum atomic E-state index is 13.6. The number of nitrogens with zero attached hydrogens (tertiary/aromatic N) is 1. The predicted octanol–water partition coefficient (Wildman–Crippen LogP) is 3.23. The SMILES string of the molecule is C[C@H](NC(=O)C(CCCN=C(N)N)NC(=O)C(c1ccccc1)c1ccccc1)c1ccccc1. The first-order valence-corrected chi connectivity index (χ1v) is 11.8. The highest BCUT2D eigenvalue weighted by atomic mass is 16.2. The van der Waals surface area contributed by atoms with Gasteiger partial charge in [0.2, 0.25) is 11.8 Å². The normalized spacial score (nSPS) is 12.4. The quantitative estimate of drug-likeness (QED) is 0.195. The summed E-state index contributed by atoms with van der Waals surface area (Å²) in [5.74, 6) is -1.03. The number of carbonyl (C=O) groups excluding carboxylic acids is 2. The van der Waals surface area contributed by atoms with Gasteiger partial charge in [-0.25, -0.2) is 0 Å². The fraction of sp³-hybridized carbons (Fsp3) is 0.250. The third-order valence-corrected chi connectivity index (χ3v) is 5.76. The first-order valence-electron chi connectivity index (χ1n) is 11.8. The topological polar surface area (TPSA) is 123 Å². The van der Waals surface area contributed by atoms with Crippen molar-refractivity contribution in [2.75, 3.05) is 6.54 Å². The Morgan fingerprint density at radius 1 is 0.743 bits per heavy atom. The Morgan fingerprint density at radius 2 is 1.23 bits per heavy atom. The molecule has 182 valence electrons. The summed E-state index contributed by atoms with van der Waals surface area (Å²) in [5.41, 5.74) is 13.5. The van der Waals surface area contributed by atoms with E-state index in [1.165, 1.54) is 0 Å². The first kappa shape index (κ1) is 25.5. The highest BCUT2D eigenvalue weighted by Crippen LogP contribution is 2.25. The molecular weight excluding hydrogens is 438 g/mol. The molecule has 0 aliphatic heterocycles. The van der Waals surface area contributed by atoms with Gasteiger partial charge >= 0.3 is 0 Å². The summed E-state index contributed by atoms with van der Waals surface area (Å²) < 4.78 is 0. The zero-order valence-corrected chi connectivity index (χ0v) is 19.9.